The molecule has 0 saturated carbocycles. The number of aromatic nitrogens is 2. The van der Waals surface area contributed by atoms with Crippen LogP contribution in [0.1, 0.15) is 5.69 Å². The van der Waals surface area contributed by atoms with Gasteiger partial charge in [-0.25, -0.2) is 4.98 Å². The molecule has 0 aliphatic heterocycles. The number of aryl methyl sites for hydroxylation is 1. The highest BCUT2D eigenvalue weighted by Crippen LogP contribution is 2.20. The van der Waals surface area contributed by atoms with E-state index in [1.165, 1.54) is 11.3 Å². The van der Waals surface area contributed by atoms with Crippen LogP contribution in [0.25, 0.3) is 0 Å². The third kappa shape index (κ3) is 1.78. The zero-order valence-electron chi connectivity index (χ0n) is 6.94. The standard InChI is InChI=1S/C7H8N4OS/c1-4-2-6(12-11-4)9-5-3-13-7(8)10-5/h2-3,9H,1H3,(H2,8,10). The Labute approximate surface area is 78.6 Å². The Morgan fingerprint density at radius 3 is 3.00 bits per heavy atom. The van der Waals surface area contributed by atoms with E-state index in [4.69, 9.17) is 10.3 Å². The molecular formula is C7H8N4OS. The smallest absolute Gasteiger partial charge is 0.230 e. The normalized spacial score (nSPS) is 10.2. The van der Waals surface area contributed by atoms with Crippen molar-refractivity contribution >= 4 is 28.2 Å². The van der Waals surface area contributed by atoms with Crippen molar-refractivity contribution in [1.29, 1.82) is 0 Å². The molecule has 0 aliphatic rings. The van der Waals surface area contributed by atoms with E-state index >= 15 is 0 Å². The van der Waals surface area contributed by atoms with Crippen LogP contribution in [-0.4, -0.2) is 10.1 Å². The van der Waals surface area contributed by atoms with E-state index in [0.717, 1.165) is 5.69 Å². The van der Waals surface area contributed by atoms with Crippen molar-refractivity contribution < 1.29 is 4.52 Å². The molecule has 0 radical (unpaired) electrons. The molecule has 13 heavy (non-hydrogen) atoms. The monoisotopic (exact) mass is 196 g/mol. The Hall–Kier alpha value is -1.56. The first-order valence-electron chi connectivity index (χ1n) is 3.65. The summed E-state index contributed by atoms with van der Waals surface area (Å²) in [5.74, 6) is 1.25. The summed E-state index contributed by atoms with van der Waals surface area (Å²) in [5.41, 5.74) is 6.28. The minimum Gasteiger partial charge on any atom is -0.375 e. The fourth-order valence-corrected chi connectivity index (χ4v) is 1.39. The second kappa shape index (κ2) is 3.06. The van der Waals surface area contributed by atoms with Crippen molar-refractivity contribution in [2.45, 2.75) is 6.92 Å². The Bertz CT molecular complexity index is 370. The van der Waals surface area contributed by atoms with Crippen LogP contribution >= 0.6 is 11.3 Å². The van der Waals surface area contributed by atoms with E-state index < -0.39 is 0 Å². The van der Waals surface area contributed by atoms with E-state index in [2.05, 4.69) is 15.5 Å². The van der Waals surface area contributed by atoms with Crippen LogP contribution in [-0.2, 0) is 0 Å². The number of anilines is 3. The second-order valence-corrected chi connectivity index (χ2v) is 3.42. The summed E-state index contributed by atoms with van der Waals surface area (Å²) in [4.78, 5) is 4.01. The Kier molecular flexibility index (Phi) is 1.90. The first-order valence-corrected chi connectivity index (χ1v) is 4.53. The lowest BCUT2D eigenvalue weighted by Gasteiger charge is -1.93. The van der Waals surface area contributed by atoms with E-state index in [0.29, 0.717) is 16.8 Å². The molecule has 68 valence electrons. The highest BCUT2D eigenvalue weighted by atomic mass is 32.1. The highest BCUT2D eigenvalue weighted by molar-refractivity contribution is 7.13. The van der Waals surface area contributed by atoms with Crippen molar-refractivity contribution in [3.8, 4) is 0 Å². The lowest BCUT2D eigenvalue weighted by Crippen LogP contribution is -1.89. The van der Waals surface area contributed by atoms with Crippen LogP contribution in [0.2, 0.25) is 0 Å². The first kappa shape index (κ1) is 8.06. The summed E-state index contributed by atoms with van der Waals surface area (Å²) in [6.07, 6.45) is 0. The molecule has 0 bridgehead atoms. The SMILES string of the molecule is Cc1cc(Nc2csc(N)n2)on1. The fraction of sp³-hybridized carbons (Fsp3) is 0.143. The topological polar surface area (TPSA) is 77.0 Å². The summed E-state index contributed by atoms with van der Waals surface area (Å²) in [7, 11) is 0. The van der Waals surface area contributed by atoms with E-state index in [9.17, 15) is 0 Å². The predicted molar refractivity (Wildman–Crippen MR) is 51.0 cm³/mol. The second-order valence-electron chi connectivity index (χ2n) is 2.53. The lowest BCUT2D eigenvalue weighted by molar-refractivity contribution is 0.430. The van der Waals surface area contributed by atoms with Gasteiger partial charge in [0.1, 0.15) is 5.82 Å². The number of thiazole rings is 1. The summed E-state index contributed by atoms with van der Waals surface area (Å²) in [6.45, 7) is 1.85. The lowest BCUT2D eigenvalue weighted by atomic mass is 10.5. The molecule has 2 aromatic rings. The number of hydrogen-bond donors (Lipinski definition) is 2. The van der Waals surface area contributed by atoms with Gasteiger partial charge in [-0.15, -0.1) is 11.3 Å². The van der Waals surface area contributed by atoms with Crippen LogP contribution < -0.4 is 11.1 Å². The molecule has 2 aromatic heterocycles. The van der Waals surface area contributed by atoms with Gasteiger partial charge >= 0.3 is 0 Å². The number of nitrogen functional groups attached to an aromatic ring is 1. The molecular weight excluding hydrogens is 188 g/mol. The number of nitrogens with two attached hydrogens (primary N) is 1. The molecule has 0 spiro atoms. The molecule has 0 fully saturated rings. The van der Waals surface area contributed by atoms with Crippen molar-refractivity contribution in [3.05, 3.63) is 17.1 Å². The number of rotatable bonds is 2. The van der Waals surface area contributed by atoms with Crippen LogP contribution in [0.15, 0.2) is 16.0 Å². The molecule has 0 atom stereocenters. The van der Waals surface area contributed by atoms with E-state index in [1.807, 2.05) is 12.3 Å². The summed E-state index contributed by atoms with van der Waals surface area (Å²) in [5, 5.41) is 9.00. The minimum atomic E-state index is 0.527. The average Bonchev–Trinajstić information content (AvgIpc) is 2.62. The van der Waals surface area contributed by atoms with Gasteiger partial charge in [0.15, 0.2) is 5.13 Å². The third-order valence-electron chi connectivity index (χ3n) is 1.40. The molecule has 6 heteroatoms. The molecule has 0 aliphatic carbocycles. The van der Waals surface area contributed by atoms with Gasteiger partial charge < -0.3 is 15.6 Å². The van der Waals surface area contributed by atoms with Crippen molar-refractivity contribution in [2.24, 2.45) is 0 Å². The Morgan fingerprint density at radius 2 is 2.46 bits per heavy atom. The van der Waals surface area contributed by atoms with Crippen molar-refractivity contribution in [1.82, 2.24) is 10.1 Å². The molecule has 0 aromatic carbocycles. The van der Waals surface area contributed by atoms with Gasteiger partial charge in [0.05, 0.1) is 5.69 Å². The molecule has 0 saturated heterocycles. The molecule has 0 unspecified atom stereocenters. The van der Waals surface area contributed by atoms with Crippen LogP contribution in [0.3, 0.4) is 0 Å². The summed E-state index contributed by atoms with van der Waals surface area (Å²) in [6, 6.07) is 1.79. The maximum atomic E-state index is 5.46. The molecule has 3 N–H and O–H groups in total. The van der Waals surface area contributed by atoms with Crippen LogP contribution in [0.5, 0.6) is 0 Å². The maximum absolute atomic E-state index is 5.46. The average molecular weight is 196 g/mol. The molecule has 5 nitrogen and oxygen atoms in total. The minimum absolute atomic E-state index is 0.527. The highest BCUT2D eigenvalue weighted by Gasteiger charge is 2.02. The zero-order valence-corrected chi connectivity index (χ0v) is 7.76. The Morgan fingerprint density at radius 1 is 1.62 bits per heavy atom. The van der Waals surface area contributed by atoms with Crippen molar-refractivity contribution in [2.75, 3.05) is 11.1 Å². The largest absolute Gasteiger partial charge is 0.375 e. The van der Waals surface area contributed by atoms with Gasteiger partial charge in [0.2, 0.25) is 5.88 Å². The number of hydrogen-bond acceptors (Lipinski definition) is 6. The van der Waals surface area contributed by atoms with E-state index in [-0.39, 0.29) is 0 Å². The quantitative estimate of drug-likeness (QED) is 0.765. The number of nitrogens with one attached hydrogen (secondary N) is 1. The third-order valence-corrected chi connectivity index (χ3v) is 2.08. The molecule has 2 rings (SSSR count). The summed E-state index contributed by atoms with van der Waals surface area (Å²) < 4.78 is 4.94. The van der Waals surface area contributed by atoms with Crippen LogP contribution in [0.4, 0.5) is 16.8 Å². The van der Waals surface area contributed by atoms with E-state index in [1.54, 1.807) is 6.07 Å². The maximum Gasteiger partial charge on any atom is 0.230 e. The van der Waals surface area contributed by atoms with Crippen LogP contribution in [0, 0.1) is 6.92 Å². The summed E-state index contributed by atoms with van der Waals surface area (Å²) >= 11 is 1.37. The predicted octanol–water partition coefficient (Wildman–Crippen LogP) is 1.77. The molecule has 0 amide bonds. The first-order chi connectivity index (χ1) is 6.24. The van der Waals surface area contributed by atoms with Gasteiger partial charge in [-0.2, -0.15) is 0 Å². The van der Waals surface area contributed by atoms with Gasteiger partial charge in [0, 0.05) is 11.4 Å². The zero-order chi connectivity index (χ0) is 9.26. The van der Waals surface area contributed by atoms with Gasteiger partial charge in [-0.3, -0.25) is 0 Å². The van der Waals surface area contributed by atoms with Gasteiger partial charge in [0.25, 0.3) is 0 Å². The molecule has 2 heterocycles. The van der Waals surface area contributed by atoms with Gasteiger partial charge in [-0.1, -0.05) is 5.16 Å². The van der Waals surface area contributed by atoms with Crippen molar-refractivity contribution in [3.63, 3.8) is 0 Å². The fourth-order valence-electron chi connectivity index (χ4n) is 0.894. The number of nitrogens with zero attached hydrogens (tertiary/aromatic N) is 2. The Balaban J connectivity index is 2.14. The van der Waals surface area contributed by atoms with Gasteiger partial charge in [-0.05, 0) is 6.92 Å².